The van der Waals surface area contributed by atoms with Gasteiger partial charge < -0.3 is 17.5 Å². The summed E-state index contributed by atoms with van der Waals surface area (Å²) in [5, 5.41) is 2.67. The number of hydrogen-bond donors (Lipinski definition) is 2. The standard InChI is InChI=1S/C7H13N2O2.3Y/c1-5(10)4-9-7(2,3)6(8)11;;;/h9H,1,4H2,2-3H3,(H2,8,11);;;/q-1;;;. The molecule has 0 spiro atoms. The van der Waals surface area contributed by atoms with Gasteiger partial charge in [-0.3, -0.25) is 10.1 Å². The van der Waals surface area contributed by atoms with Crippen molar-refractivity contribution >= 4 is 11.7 Å². The van der Waals surface area contributed by atoms with E-state index in [4.69, 9.17) is 5.73 Å². The monoisotopic (exact) mass is 424 g/mol. The molecule has 0 aliphatic carbocycles. The predicted molar refractivity (Wildman–Crippen MR) is 41.6 cm³/mol. The number of rotatable bonds is 4. The van der Waals surface area contributed by atoms with E-state index in [1.807, 2.05) is 0 Å². The Bertz CT molecular complexity index is 186. The van der Waals surface area contributed by atoms with E-state index in [2.05, 4.69) is 12.2 Å². The van der Waals surface area contributed by atoms with E-state index in [9.17, 15) is 9.59 Å². The van der Waals surface area contributed by atoms with Crippen LogP contribution in [0.2, 0.25) is 0 Å². The molecule has 0 aromatic rings. The van der Waals surface area contributed by atoms with Gasteiger partial charge in [-0.25, -0.2) is 0 Å². The van der Waals surface area contributed by atoms with Gasteiger partial charge in [-0.15, -0.1) is 0 Å². The average molecular weight is 424 g/mol. The zero-order valence-electron chi connectivity index (χ0n) is 8.54. The van der Waals surface area contributed by atoms with Crippen LogP contribution in [0.5, 0.6) is 0 Å². The van der Waals surface area contributed by atoms with Crippen LogP contribution in [0.3, 0.4) is 0 Å². The van der Waals surface area contributed by atoms with Crippen LogP contribution in [0.1, 0.15) is 13.8 Å². The molecule has 0 saturated carbocycles. The Morgan fingerprint density at radius 2 is 1.64 bits per heavy atom. The van der Waals surface area contributed by atoms with Crippen LogP contribution >= 0.6 is 0 Å². The number of nitrogens with one attached hydrogen (secondary N) is 1. The summed E-state index contributed by atoms with van der Waals surface area (Å²) in [6.07, 6.45) is 0. The predicted octanol–water partition coefficient (Wildman–Crippen LogP) is -0.764. The minimum Gasteiger partial charge on any atom is -0.368 e. The summed E-state index contributed by atoms with van der Waals surface area (Å²) in [7, 11) is 0. The number of ketones is 1. The maximum Gasteiger partial charge on any atom is 0.237 e. The fourth-order valence-corrected chi connectivity index (χ4v) is 0.407. The van der Waals surface area contributed by atoms with Crippen molar-refractivity contribution in [2.45, 2.75) is 19.4 Å². The topological polar surface area (TPSA) is 72.2 Å². The van der Waals surface area contributed by atoms with Crippen LogP contribution < -0.4 is 11.1 Å². The van der Waals surface area contributed by atoms with Gasteiger partial charge in [-0.1, -0.05) is 0 Å². The summed E-state index contributed by atoms with van der Waals surface area (Å²) in [5.41, 5.74) is 4.18. The van der Waals surface area contributed by atoms with Gasteiger partial charge in [0.25, 0.3) is 0 Å². The van der Waals surface area contributed by atoms with E-state index < -0.39 is 11.4 Å². The van der Waals surface area contributed by atoms with Crippen molar-refractivity contribution in [2.75, 3.05) is 6.54 Å². The molecule has 0 unspecified atom stereocenters. The van der Waals surface area contributed by atoms with Crippen molar-refractivity contribution in [3.05, 3.63) is 6.92 Å². The summed E-state index contributed by atoms with van der Waals surface area (Å²) in [6.45, 7) is 6.43. The van der Waals surface area contributed by atoms with Crippen LogP contribution in [0, 0.1) is 6.92 Å². The van der Waals surface area contributed by atoms with Gasteiger partial charge in [0, 0.05) is 110 Å². The molecule has 7 heteroatoms. The average Bonchev–Trinajstić information content (AvgIpc) is 1.84. The fraction of sp³-hybridized carbons (Fsp3) is 0.571. The van der Waals surface area contributed by atoms with Crippen molar-refractivity contribution in [1.29, 1.82) is 0 Å². The van der Waals surface area contributed by atoms with Gasteiger partial charge in [-0.05, 0) is 13.8 Å². The largest absolute Gasteiger partial charge is 0.368 e. The summed E-state index contributed by atoms with van der Waals surface area (Å²) < 4.78 is 0. The molecular weight excluding hydrogens is 411 g/mol. The quantitative estimate of drug-likeness (QED) is 0.584. The fourth-order valence-electron chi connectivity index (χ4n) is 0.407. The second-order valence-electron chi connectivity index (χ2n) is 2.88. The van der Waals surface area contributed by atoms with Crippen LogP contribution in [-0.4, -0.2) is 23.8 Å². The third-order valence-corrected chi connectivity index (χ3v) is 1.34. The first-order chi connectivity index (χ1) is 4.86. The third kappa shape index (κ3) is 12.4. The molecule has 0 fully saturated rings. The van der Waals surface area contributed by atoms with Crippen LogP contribution in [0.4, 0.5) is 0 Å². The number of primary amides is 1. The number of amides is 1. The Hall–Kier alpha value is 2.28. The van der Waals surface area contributed by atoms with Gasteiger partial charge in [-0.2, -0.15) is 0 Å². The molecule has 0 rings (SSSR count). The van der Waals surface area contributed by atoms with Crippen molar-refractivity contribution in [3.63, 3.8) is 0 Å². The normalized spacial score (nSPS) is 8.71. The van der Waals surface area contributed by atoms with Crippen molar-refractivity contribution in [1.82, 2.24) is 5.32 Å². The molecule has 0 heterocycles. The summed E-state index contributed by atoms with van der Waals surface area (Å²) >= 11 is 0. The van der Waals surface area contributed by atoms with E-state index in [0.717, 1.165) is 0 Å². The molecule has 0 bridgehead atoms. The Kier molecular flexibility index (Phi) is 21.2. The molecular formula is C7H13N2O2Y3-. The van der Waals surface area contributed by atoms with Crippen molar-refractivity contribution in [3.8, 4) is 0 Å². The van der Waals surface area contributed by atoms with Crippen LogP contribution in [0.15, 0.2) is 0 Å². The molecule has 3 radical (unpaired) electrons. The van der Waals surface area contributed by atoms with E-state index >= 15 is 0 Å². The van der Waals surface area contributed by atoms with Gasteiger partial charge in [0.1, 0.15) is 0 Å². The first-order valence-electron chi connectivity index (χ1n) is 3.26. The maximum absolute atomic E-state index is 10.7. The summed E-state index contributed by atoms with van der Waals surface area (Å²) in [5.74, 6) is -0.752. The van der Waals surface area contributed by atoms with Gasteiger partial charge in [0.2, 0.25) is 5.91 Å². The van der Waals surface area contributed by atoms with E-state index in [1.165, 1.54) is 0 Å². The van der Waals surface area contributed by atoms with E-state index in [-0.39, 0.29) is 110 Å². The number of Topliss-reactive ketones (excluding diaryl/α,β-unsaturated/α-hetero) is 1. The number of carbonyl (C=O) groups is 2. The Labute approximate surface area is 160 Å². The smallest absolute Gasteiger partial charge is 0.237 e. The Balaban J connectivity index is -0.000000167. The van der Waals surface area contributed by atoms with Gasteiger partial charge >= 0.3 is 0 Å². The van der Waals surface area contributed by atoms with Crippen LogP contribution in [-0.2, 0) is 108 Å². The van der Waals surface area contributed by atoms with Crippen molar-refractivity contribution in [2.24, 2.45) is 5.73 Å². The molecule has 0 aliphatic heterocycles. The van der Waals surface area contributed by atoms with Crippen LogP contribution in [0.25, 0.3) is 0 Å². The summed E-state index contributed by atoms with van der Waals surface area (Å²) in [4.78, 5) is 21.0. The zero-order valence-corrected chi connectivity index (χ0v) is 17.1. The van der Waals surface area contributed by atoms with E-state index in [0.29, 0.717) is 0 Å². The minimum atomic E-state index is -0.840. The second-order valence-corrected chi connectivity index (χ2v) is 2.88. The SMILES string of the molecule is [CH2-]C(=O)CNC(C)(C)C(N)=O.[Y].[Y].[Y]. The Morgan fingerprint density at radius 3 is 1.86 bits per heavy atom. The number of hydrogen-bond acceptors (Lipinski definition) is 3. The zero-order chi connectivity index (χ0) is 9.07. The molecule has 0 aromatic heterocycles. The minimum absolute atomic E-state index is 0. The number of carbonyl (C=O) groups excluding carboxylic acids is 2. The number of nitrogens with two attached hydrogens (primary N) is 1. The first kappa shape index (κ1) is 25.2. The maximum atomic E-state index is 10.7. The molecule has 0 saturated heterocycles. The second kappa shape index (κ2) is 11.8. The van der Waals surface area contributed by atoms with Crippen molar-refractivity contribution < 1.29 is 108 Å². The molecule has 0 aromatic carbocycles. The molecule has 1 amide bonds. The van der Waals surface area contributed by atoms with E-state index in [1.54, 1.807) is 13.8 Å². The molecule has 0 aliphatic rings. The first-order valence-corrected chi connectivity index (χ1v) is 3.26. The summed E-state index contributed by atoms with van der Waals surface area (Å²) in [6, 6.07) is 0. The molecule has 0 atom stereocenters. The van der Waals surface area contributed by atoms with Gasteiger partial charge in [0.15, 0.2) is 0 Å². The molecule has 73 valence electrons. The third-order valence-electron chi connectivity index (χ3n) is 1.34. The molecule has 4 nitrogen and oxygen atoms in total. The Morgan fingerprint density at radius 1 is 1.29 bits per heavy atom. The van der Waals surface area contributed by atoms with Gasteiger partial charge in [0.05, 0.1) is 5.54 Å². The molecule has 14 heavy (non-hydrogen) atoms. The molecule has 3 N–H and O–H groups in total.